The maximum atomic E-state index is 12.1. The molecule has 1 N–H and O–H groups in total. The van der Waals surface area contributed by atoms with E-state index in [1.165, 1.54) is 19.1 Å². The summed E-state index contributed by atoms with van der Waals surface area (Å²) in [5, 5.41) is 13.8. The van der Waals surface area contributed by atoms with Crippen molar-refractivity contribution in [3.8, 4) is 0 Å². The normalized spacial score (nSPS) is 12.2. The molecule has 0 aliphatic rings. The van der Waals surface area contributed by atoms with Gasteiger partial charge >= 0.3 is 5.97 Å². The minimum absolute atomic E-state index is 0.0164. The molecule has 0 heterocycles. The molecule has 0 aliphatic carbocycles. The number of carbonyl (C=O) groups is 2. The summed E-state index contributed by atoms with van der Waals surface area (Å²) >= 11 is 0. The van der Waals surface area contributed by atoms with Gasteiger partial charge in [-0.1, -0.05) is 0 Å². The fourth-order valence-corrected chi connectivity index (χ4v) is 1.93. The molecule has 0 aromatic heterocycles. The van der Waals surface area contributed by atoms with E-state index in [1.807, 2.05) is 20.8 Å². The number of carbonyl (C=O) groups excluding carboxylic acids is 2. The SMILES string of the molecule is C[C@@H](OC(=O)c1ccc(N(C)C)c([N+](=O)[O-])c1)C(=O)NC(C)(C)C. The molecule has 0 aliphatic heterocycles. The van der Waals surface area contributed by atoms with Gasteiger partial charge in [-0.2, -0.15) is 0 Å². The Kier molecular flexibility index (Phi) is 5.89. The minimum Gasteiger partial charge on any atom is -0.449 e. The van der Waals surface area contributed by atoms with Crippen LogP contribution in [0.3, 0.4) is 0 Å². The molecular weight excluding hydrogens is 314 g/mol. The van der Waals surface area contributed by atoms with Gasteiger partial charge in [0.05, 0.1) is 10.5 Å². The molecule has 0 fully saturated rings. The van der Waals surface area contributed by atoms with Gasteiger partial charge in [-0.15, -0.1) is 0 Å². The molecule has 24 heavy (non-hydrogen) atoms. The highest BCUT2D eigenvalue weighted by Crippen LogP contribution is 2.28. The van der Waals surface area contributed by atoms with Gasteiger partial charge in [0, 0.05) is 25.7 Å². The zero-order valence-corrected chi connectivity index (χ0v) is 14.7. The summed E-state index contributed by atoms with van der Waals surface area (Å²) in [5.41, 5.74) is -0.275. The quantitative estimate of drug-likeness (QED) is 0.502. The topological polar surface area (TPSA) is 102 Å². The van der Waals surface area contributed by atoms with Gasteiger partial charge in [-0.05, 0) is 39.8 Å². The Morgan fingerprint density at radius 1 is 1.29 bits per heavy atom. The average molecular weight is 337 g/mol. The van der Waals surface area contributed by atoms with Gasteiger partial charge in [0.15, 0.2) is 6.10 Å². The first-order valence-corrected chi connectivity index (χ1v) is 7.41. The second-order valence-electron chi connectivity index (χ2n) is 6.64. The summed E-state index contributed by atoms with van der Waals surface area (Å²) in [4.78, 5) is 36.2. The number of nitro benzene ring substituents is 1. The van der Waals surface area contributed by atoms with Crippen molar-refractivity contribution in [2.45, 2.75) is 39.3 Å². The lowest BCUT2D eigenvalue weighted by atomic mass is 10.1. The van der Waals surface area contributed by atoms with Gasteiger partial charge < -0.3 is 15.0 Å². The molecule has 8 heteroatoms. The van der Waals surface area contributed by atoms with E-state index in [1.54, 1.807) is 19.0 Å². The van der Waals surface area contributed by atoms with Crippen molar-refractivity contribution in [2.75, 3.05) is 19.0 Å². The third-order valence-electron chi connectivity index (χ3n) is 3.04. The monoisotopic (exact) mass is 337 g/mol. The lowest BCUT2D eigenvalue weighted by molar-refractivity contribution is -0.384. The van der Waals surface area contributed by atoms with Crippen molar-refractivity contribution < 1.29 is 19.2 Å². The predicted molar refractivity (Wildman–Crippen MR) is 90.2 cm³/mol. The molecule has 1 rings (SSSR count). The molecule has 1 aromatic carbocycles. The summed E-state index contributed by atoms with van der Waals surface area (Å²) in [6.07, 6.45) is -1.01. The zero-order valence-electron chi connectivity index (χ0n) is 14.7. The lowest BCUT2D eigenvalue weighted by Crippen LogP contribution is -2.46. The van der Waals surface area contributed by atoms with Crippen molar-refractivity contribution in [3.05, 3.63) is 33.9 Å². The molecule has 0 saturated heterocycles. The molecule has 8 nitrogen and oxygen atoms in total. The Labute approximate surface area is 140 Å². The Balaban J connectivity index is 2.94. The number of benzene rings is 1. The minimum atomic E-state index is -1.01. The number of esters is 1. The maximum Gasteiger partial charge on any atom is 0.339 e. The van der Waals surface area contributed by atoms with Gasteiger partial charge in [0.25, 0.3) is 11.6 Å². The van der Waals surface area contributed by atoms with E-state index in [0.717, 1.165) is 6.07 Å². The number of anilines is 1. The Morgan fingerprint density at radius 3 is 2.33 bits per heavy atom. The molecular formula is C16H23N3O5. The number of nitro groups is 1. The maximum absolute atomic E-state index is 12.1. The van der Waals surface area contributed by atoms with E-state index in [0.29, 0.717) is 5.69 Å². The Hall–Kier alpha value is -2.64. The number of amides is 1. The molecule has 132 valence electrons. The predicted octanol–water partition coefficient (Wildman–Crippen LogP) is 2.12. The molecule has 0 bridgehead atoms. The van der Waals surface area contributed by atoms with Crippen LogP contribution in [0.2, 0.25) is 0 Å². The standard InChI is InChI=1S/C16H23N3O5/c1-10(14(20)17-16(2,3)4)24-15(21)11-7-8-12(18(5)6)13(9-11)19(22)23/h7-10H,1-6H3,(H,17,20)/t10-/m1/s1. The van der Waals surface area contributed by atoms with Gasteiger partial charge in [-0.25, -0.2) is 4.79 Å². The highest BCUT2D eigenvalue weighted by molar-refractivity contribution is 5.93. The van der Waals surface area contributed by atoms with Crippen LogP contribution in [0.4, 0.5) is 11.4 Å². The summed E-state index contributed by atoms with van der Waals surface area (Å²) < 4.78 is 5.09. The van der Waals surface area contributed by atoms with Crippen molar-refractivity contribution in [2.24, 2.45) is 0 Å². The zero-order chi connectivity index (χ0) is 18.7. The molecule has 0 radical (unpaired) electrons. The largest absolute Gasteiger partial charge is 0.449 e. The molecule has 0 spiro atoms. The van der Waals surface area contributed by atoms with Crippen LogP contribution in [0.25, 0.3) is 0 Å². The third kappa shape index (κ3) is 5.22. The number of nitrogens with one attached hydrogen (secondary N) is 1. The first-order chi connectivity index (χ1) is 10.9. The van der Waals surface area contributed by atoms with E-state index < -0.39 is 28.4 Å². The number of nitrogens with zero attached hydrogens (tertiary/aromatic N) is 2. The Bertz CT molecular complexity index is 650. The van der Waals surface area contributed by atoms with Gasteiger partial charge in [-0.3, -0.25) is 14.9 Å². The van der Waals surface area contributed by atoms with Gasteiger partial charge in [0.1, 0.15) is 5.69 Å². The highest BCUT2D eigenvalue weighted by atomic mass is 16.6. The van der Waals surface area contributed by atoms with Crippen LogP contribution < -0.4 is 10.2 Å². The smallest absolute Gasteiger partial charge is 0.339 e. The van der Waals surface area contributed by atoms with Crippen LogP contribution in [0, 0.1) is 10.1 Å². The van der Waals surface area contributed by atoms with Crippen LogP contribution in [0.1, 0.15) is 38.1 Å². The van der Waals surface area contributed by atoms with E-state index in [4.69, 9.17) is 4.74 Å². The van der Waals surface area contributed by atoms with Crippen LogP contribution in [-0.2, 0) is 9.53 Å². The summed E-state index contributed by atoms with van der Waals surface area (Å²) in [6.45, 7) is 6.87. The van der Waals surface area contributed by atoms with Crippen molar-refractivity contribution in [1.82, 2.24) is 5.32 Å². The number of hydrogen-bond donors (Lipinski definition) is 1. The first kappa shape index (κ1) is 19.4. The number of ether oxygens (including phenoxy) is 1. The molecule has 0 unspecified atom stereocenters. The fourth-order valence-electron chi connectivity index (χ4n) is 1.93. The van der Waals surface area contributed by atoms with E-state index in [2.05, 4.69) is 5.32 Å². The van der Waals surface area contributed by atoms with E-state index in [-0.39, 0.29) is 11.3 Å². The number of hydrogen-bond acceptors (Lipinski definition) is 6. The second kappa shape index (κ2) is 7.29. The molecule has 1 amide bonds. The third-order valence-corrected chi connectivity index (χ3v) is 3.04. The lowest BCUT2D eigenvalue weighted by Gasteiger charge is -2.23. The summed E-state index contributed by atoms with van der Waals surface area (Å²) in [6, 6.07) is 4.04. The number of rotatable bonds is 5. The molecule has 1 atom stereocenters. The van der Waals surface area contributed by atoms with Crippen molar-refractivity contribution in [3.63, 3.8) is 0 Å². The van der Waals surface area contributed by atoms with Gasteiger partial charge in [0.2, 0.25) is 0 Å². The van der Waals surface area contributed by atoms with E-state index >= 15 is 0 Å². The van der Waals surface area contributed by atoms with Crippen LogP contribution >= 0.6 is 0 Å². The second-order valence-corrected chi connectivity index (χ2v) is 6.64. The van der Waals surface area contributed by atoms with Crippen LogP contribution in [0.5, 0.6) is 0 Å². The van der Waals surface area contributed by atoms with Crippen LogP contribution in [0.15, 0.2) is 18.2 Å². The van der Waals surface area contributed by atoms with E-state index in [9.17, 15) is 19.7 Å². The summed E-state index contributed by atoms with van der Waals surface area (Å²) in [5.74, 6) is -1.23. The average Bonchev–Trinajstić information content (AvgIpc) is 2.44. The molecule has 0 saturated carbocycles. The fraction of sp³-hybridized carbons (Fsp3) is 0.500. The van der Waals surface area contributed by atoms with Crippen molar-refractivity contribution in [1.29, 1.82) is 0 Å². The highest BCUT2D eigenvalue weighted by Gasteiger charge is 2.25. The first-order valence-electron chi connectivity index (χ1n) is 7.41. The van der Waals surface area contributed by atoms with Crippen LogP contribution in [-0.4, -0.2) is 42.5 Å². The van der Waals surface area contributed by atoms with Crippen molar-refractivity contribution >= 4 is 23.3 Å². The Morgan fingerprint density at radius 2 is 1.88 bits per heavy atom. The summed E-state index contributed by atoms with van der Waals surface area (Å²) in [7, 11) is 3.33. The molecule has 1 aromatic rings.